The number of nitrogens with zero attached hydrogens (tertiary/aromatic N) is 5. The van der Waals surface area contributed by atoms with Crippen molar-refractivity contribution in [3.8, 4) is 5.69 Å². The van der Waals surface area contributed by atoms with Crippen LogP contribution in [0.15, 0.2) is 65.3 Å². The van der Waals surface area contributed by atoms with Crippen molar-refractivity contribution in [1.29, 1.82) is 0 Å². The van der Waals surface area contributed by atoms with Gasteiger partial charge < -0.3 is 30.8 Å². The standard InChI is InChI=1S/C32H37N9O6/c1-19(42)28-31(46)33-15-7-6-10-24(34-27(43)17-22-11-13-23(14-12-22)41-20(2)38-39-40-41)29(44)35-25(16-21-8-4-3-5-9-21)32-36-26(18-47-32)30(45)37-28/h3-5,8-9,11-14,18-19,24-25,28,42H,6-7,10,15-17H2,1-2H3,(H,33,46)(H,34,43)(H,35,44)(H,37,45)/t19-,24+,25+,28+/m1/s1. The number of nitrogens with one attached hydrogen (secondary N) is 4. The molecule has 0 saturated carbocycles. The Labute approximate surface area is 270 Å². The van der Waals surface area contributed by atoms with E-state index in [0.29, 0.717) is 25.1 Å². The Morgan fingerprint density at radius 3 is 2.51 bits per heavy atom. The molecule has 5 rings (SSSR count). The first-order valence-electron chi connectivity index (χ1n) is 15.4. The molecule has 15 heteroatoms. The summed E-state index contributed by atoms with van der Waals surface area (Å²) < 4.78 is 7.23. The minimum absolute atomic E-state index is 0.0289. The Bertz CT molecular complexity index is 1690. The quantitative estimate of drug-likeness (QED) is 0.192. The molecule has 0 spiro atoms. The largest absolute Gasteiger partial charge is 0.446 e. The van der Waals surface area contributed by atoms with Crippen LogP contribution in [0.1, 0.15) is 65.6 Å². The van der Waals surface area contributed by atoms with E-state index in [4.69, 9.17) is 4.42 Å². The molecular weight excluding hydrogens is 606 g/mol. The number of aromatic nitrogens is 5. The molecule has 4 atom stereocenters. The third-order valence-corrected chi connectivity index (χ3v) is 7.74. The van der Waals surface area contributed by atoms with E-state index in [1.807, 2.05) is 30.3 Å². The number of aryl methyl sites for hydroxylation is 1. The van der Waals surface area contributed by atoms with Crippen LogP contribution in [0.3, 0.4) is 0 Å². The number of fused-ring (bicyclic) bond motifs is 2. The molecule has 0 saturated heterocycles. The van der Waals surface area contributed by atoms with Crippen LogP contribution in [0.5, 0.6) is 0 Å². The first kappa shape index (κ1) is 32.9. The molecule has 1 aliphatic heterocycles. The maximum atomic E-state index is 13.8. The predicted octanol–water partition coefficient (Wildman–Crippen LogP) is 0.866. The van der Waals surface area contributed by atoms with E-state index in [1.165, 1.54) is 6.92 Å². The van der Waals surface area contributed by atoms with Gasteiger partial charge in [0.05, 0.1) is 18.2 Å². The maximum Gasteiger partial charge on any atom is 0.273 e. The molecule has 47 heavy (non-hydrogen) atoms. The van der Waals surface area contributed by atoms with Crippen LogP contribution in [0.2, 0.25) is 0 Å². The molecule has 2 bridgehead atoms. The lowest BCUT2D eigenvalue weighted by atomic mass is 10.0. The van der Waals surface area contributed by atoms with Gasteiger partial charge in [-0.3, -0.25) is 19.2 Å². The second-order valence-electron chi connectivity index (χ2n) is 11.4. The number of carbonyl (C=O) groups excluding carboxylic acids is 4. The van der Waals surface area contributed by atoms with Crippen LogP contribution in [0.25, 0.3) is 5.69 Å². The topological polar surface area (TPSA) is 206 Å². The van der Waals surface area contributed by atoms with Gasteiger partial charge in [0.2, 0.25) is 23.6 Å². The molecule has 0 radical (unpaired) electrons. The number of amides is 4. The number of aliphatic hydroxyl groups excluding tert-OH is 1. The van der Waals surface area contributed by atoms with Gasteiger partial charge in [0.15, 0.2) is 11.5 Å². The van der Waals surface area contributed by atoms with Crippen molar-refractivity contribution in [2.45, 2.75) is 70.2 Å². The number of hydrogen-bond donors (Lipinski definition) is 5. The Hall–Kier alpha value is -5.44. The fourth-order valence-electron chi connectivity index (χ4n) is 5.21. The number of aliphatic hydroxyl groups is 1. The monoisotopic (exact) mass is 643 g/mol. The van der Waals surface area contributed by atoms with Gasteiger partial charge in [-0.05, 0) is 66.8 Å². The molecule has 0 unspecified atom stereocenters. The zero-order chi connectivity index (χ0) is 33.3. The second kappa shape index (κ2) is 15.2. The molecule has 0 aliphatic carbocycles. The van der Waals surface area contributed by atoms with Gasteiger partial charge >= 0.3 is 0 Å². The number of tetrazole rings is 1. The number of hydrogen-bond acceptors (Lipinski definition) is 10. The summed E-state index contributed by atoms with van der Waals surface area (Å²) in [5.41, 5.74) is 2.23. The van der Waals surface area contributed by atoms with Crippen LogP contribution in [0.4, 0.5) is 0 Å². The lowest BCUT2D eigenvalue weighted by Gasteiger charge is -2.23. The number of benzene rings is 2. The Morgan fingerprint density at radius 2 is 1.81 bits per heavy atom. The molecule has 1 aliphatic rings. The van der Waals surface area contributed by atoms with Crippen molar-refractivity contribution in [3.63, 3.8) is 0 Å². The minimum atomic E-state index is -1.21. The van der Waals surface area contributed by atoms with Crippen molar-refractivity contribution in [1.82, 2.24) is 46.5 Å². The van der Waals surface area contributed by atoms with E-state index in [1.54, 1.807) is 35.9 Å². The summed E-state index contributed by atoms with van der Waals surface area (Å²) in [4.78, 5) is 57.1. The van der Waals surface area contributed by atoms with Crippen LogP contribution < -0.4 is 21.3 Å². The van der Waals surface area contributed by atoms with Gasteiger partial charge in [-0.2, -0.15) is 4.68 Å². The van der Waals surface area contributed by atoms with E-state index in [9.17, 15) is 24.3 Å². The number of rotatable bonds is 7. The van der Waals surface area contributed by atoms with Crippen molar-refractivity contribution >= 4 is 23.6 Å². The smallest absolute Gasteiger partial charge is 0.273 e. The number of oxazole rings is 1. The average Bonchev–Trinajstić information content (AvgIpc) is 3.72. The summed E-state index contributed by atoms with van der Waals surface area (Å²) >= 11 is 0. The van der Waals surface area contributed by atoms with Crippen molar-refractivity contribution in [2.24, 2.45) is 0 Å². The van der Waals surface area contributed by atoms with Crippen LogP contribution in [0, 0.1) is 6.92 Å². The molecule has 5 N–H and O–H groups in total. The van der Waals surface area contributed by atoms with E-state index in [0.717, 1.165) is 23.1 Å². The second-order valence-corrected chi connectivity index (χ2v) is 11.4. The molecule has 4 aromatic rings. The van der Waals surface area contributed by atoms with Crippen LogP contribution in [-0.4, -0.2) is 78.7 Å². The summed E-state index contributed by atoms with van der Waals surface area (Å²) in [5.74, 6) is -1.38. The van der Waals surface area contributed by atoms with Gasteiger partial charge in [-0.15, -0.1) is 5.10 Å². The van der Waals surface area contributed by atoms with E-state index in [2.05, 4.69) is 41.8 Å². The summed E-state index contributed by atoms with van der Waals surface area (Å²) in [6.07, 6.45) is 1.54. The third kappa shape index (κ3) is 8.64. The van der Waals surface area contributed by atoms with Crippen LogP contribution >= 0.6 is 0 Å². The molecule has 3 heterocycles. The molecular formula is C32H37N9O6. The van der Waals surface area contributed by atoms with Gasteiger partial charge in [0.1, 0.15) is 24.4 Å². The predicted molar refractivity (Wildman–Crippen MR) is 167 cm³/mol. The molecule has 4 amide bonds. The normalized spacial score (nSPS) is 20.1. The van der Waals surface area contributed by atoms with Crippen molar-refractivity contribution in [3.05, 3.63) is 89.4 Å². The van der Waals surface area contributed by atoms with E-state index >= 15 is 0 Å². The number of carbonyl (C=O) groups is 4. The molecule has 2 aromatic carbocycles. The van der Waals surface area contributed by atoms with E-state index < -0.39 is 42.0 Å². The lowest BCUT2D eigenvalue weighted by Crippen LogP contribution is -2.52. The zero-order valence-corrected chi connectivity index (χ0v) is 26.1. The third-order valence-electron chi connectivity index (χ3n) is 7.74. The highest BCUT2D eigenvalue weighted by atomic mass is 16.3. The summed E-state index contributed by atoms with van der Waals surface area (Å²) in [7, 11) is 0. The Balaban J connectivity index is 1.35. The Morgan fingerprint density at radius 1 is 1.04 bits per heavy atom. The zero-order valence-electron chi connectivity index (χ0n) is 26.1. The van der Waals surface area contributed by atoms with Crippen molar-refractivity contribution < 1.29 is 28.7 Å². The van der Waals surface area contributed by atoms with Gasteiger partial charge in [-0.25, -0.2) is 4.98 Å². The summed E-state index contributed by atoms with van der Waals surface area (Å²) in [6.45, 7) is 3.42. The van der Waals surface area contributed by atoms with Gasteiger partial charge in [-0.1, -0.05) is 42.5 Å². The minimum Gasteiger partial charge on any atom is -0.446 e. The SMILES string of the molecule is Cc1nnnn1-c1ccc(CC(=O)N[C@H]2CCCCNC(=O)[C@H]([C@@H](C)O)NC(=O)c3coc(n3)[C@H](Cc3ccccc3)NC2=O)cc1. The van der Waals surface area contributed by atoms with Gasteiger partial charge in [0, 0.05) is 13.0 Å². The highest BCUT2D eigenvalue weighted by Gasteiger charge is 2.30. The van der Waals surface area contributed by atoms with Crippen LogP contribution in [-0.2, 0) is 27.2 Å². The summed E-state index contributed by atoms with van der Waals surface area (Å²) in [5, 5.41) is 32.7. The highest BCUT2D eigenvalue weighted by molar-refractivity contribution is 5.96. The van der Waals surface area contributed by atoms with E-state index in [-0.39, 0.29) is 36.9 Å². The molecule has 15 nitrogen and oxygen atoms in total. The first-order chi connectivity index (χ1) is 22.7. The average molecular weight is 644 g/mol. The molecule has 0 fully saturated rings. The van der Waals surface area contributed by atoms with Gasteiger partial charge in [0.25, 0.3) is 5.91 Å². The summed E-state index contributed by atoms with van der Waals surface area (Å²) in [6, 6.07) is 13.7. The first-order valence-corrected chi connectivity index (χ1v) is 15.4. The fraction of sp³-hybridized carbons (Fsp3) is 0.375. The molecule has 246 valence electrons. The molecule has 2 aromatic heterocycles. The highest BCUT2D eigenvalue weighted by Crippen LogP contribution is 2.20. The Kier molecular flexibility index (Phi) is 10.7. The fourth-order valence-corrected chi connectivity index (χ4v) is 5.21. The maximum absolute atomic E-state index is 13.8. The van der Waals surface area contributed by atoms with Crippen molar-refractivity contribution in [2.75, 3.05) is 6.54 Å². The lowest BCUT2D eigenvalue weighted by molar-refractivity contribution is -0.129.